The van der Waals surface area contributed by atoms with E-state index in [1.165, 1.54) is 13.2 Å². The number of hydrogen-bond acceptors (Lipinski definition) is 4. The molecule has 0 saturated carbocycles. The number of guanidine groups is 1. The van der Waals surface area contributed by atoms with Crippen molar-refractivity contribution >= 4 is 34.2 Å². The largest absolute Gasteiger partial charge is 0.465 e. The van der Waals surface area contributed by atoms with Crippen molar-refractivity contribution in [2.75, 3.05) is 12.4 Å². The van der Waals surface area contributed by atoms with Gasteiger partial charge in [-0.05, 0) is 34.0 Å². The highest BCUT2D eigenvalue weighted by atomic mass is 16.5. The van der Waals surface area contributed by atoms with Crippen LogP contribution >= 0.6 is 0 Å². The highest BCUT2D eigenvalue weighted by molar-refractivity contribution is 6.13. The molecule has 0 aliphatic carbocycles. The SMILES string of the molecule is COC(=O)c1c(C(=N)N)cc(NC(=N)N)cc1-c1cccc2ccccc12. The molecule has 0 bridgehead atoms. The summed E-state index contributed by atoms with van der Waals surface area (Å²) in [6, 6.07) is 16.7. The number of esters is 1. The Morgan fingerprint density at radius 3 is 2.37 bits per heavy atom. The van der Waals surface area contributed by atoms with Crippen LogP contribution in [-0.4, -0.2) is 24.9 Å². The van der Waals surface area contributed by atoms with Crippen molar-refractivity contribution in [1.29, 1.82) is 10.8 Å². The van der Waals surface area contributed by atoms with Crippen molar-refractivity contribution in [3.05, 3.63) is 65.7 Å². The maximum Gasteiger partial charge on any atom is 0.339 e. The number of carbonyl (C=O) groups excluding carboxylic acids is 1. The van der Waals surface area contributed by atoms with E-state index in [0.29, 0.717) is 11.3 Å². The van der Waals surface area contributed by atoms with E-state index in [9.17, 15) is 4.79 Å². The van der Waals surface area contributed by atoms with E-state index in [4.69, 9.17) is 27.0 Å². The van der Waals surface area contributed by atoms with Gasteiger partial charge in [-0.15, -0.1) is 0 Å². The van der Waals surface area contributed by atoms with Crippen LogP contribution in [0.15, 0.2) is 54.6 Å². The van der Waals surface area contributed by atoms with Crippen LogP contribution in [0, 0.1) is 10.8 Å². The molecule has 7 nitrogen and oxygen atoms in total. The molecule has 7 heteroatoms. The first kappa shape index (κ1) is 17.9. The summed E-state index contributed by atoms with van der Waals surface area (Å²) >= 11 is 0. The number of anilines is 1. The van der Waals surface area contributed by atoms with Gasteiger partial charge in [-0.1, -0.05) is 42.5 Å². The molecule has 0 saturated heterocycles. The highest BCUT2D eigenvalue weighted by Crippen LogP contribution is 2.35. The number of methoxy groups -OCH3 is 1. The van der Waals surface area contributed by atoms with Crippen LogP contribution in [0.1, 0.15) is 15.9 Å². The molecule has 0 unspecified atom stereocenters. The van der Waals surface area contributed by atoms with Crippen LogP contribution in [0.3, 0.4) is 0 Å². The maximum absolute atomic E-state index is 12.5. The van der Waals surface area contributed by atoms with Crippen LogP contribution in [0.4, 0.5) is 5.69 Å². The Morgan fingerprint density at radius 2 is 1.70 bits per heavy atom. The van der Waals surface area contributed by atoms with Crippen LogP contribution in [0.25, 0.3) is 21.9 Å². The Hall–Kier alpha value is -3.87. The Morgan fingerprint density at radius 1 is 1.00 bits per heavy atom. The number of rotatable bonds is 4. The van der Waals surface area contributed by atoms with E-state index in [1.54, 1.807) is 6.07 Å². The van der Waals surface area contributed by atoms with E-state index >= 15 is 0 Å². The minimum absolute atomic E-state index is 0.190. The van der Waals surface area contributed by atoms with Gasteiger partial charge in [0.15, 0.2) is 5.96 Å². The quantitative estimate of drug-likeness (QED) is 0.276. The Balaban J connectivity index is 2.41. The van der Waals surface area contributed by atoms with Gasteiger partial charge in [0, 0.05) is 11.3 Å². The zero-order valence-corrected chi connectivity index (χ0v) is 14.7. The number of amidine groups is 1. The average molecular weight is 361 g/mol. The molecule has 136 valence electrons. The van der Waals surface area contributed by atoms with Crippen LogP contribution in [-0.2, 0) is 4.74 Å². The second-order valence-electron chi connectivity index (χ2n) is 5.92. The molecule has 3 aromatic carbocycles. The van der Waals surface area contributed by atoms with Gasteiger partial charge in [0.05, 0.1) is 12.7 Å². The van der Waals surface area contributed by atoms with Crippen LogP contribution in [0.5, 0.6) is 0 Å². The van der Waals surface area contributed by atoms with Gasteiger partial charge in [0.1, 0.15) is 5.84 Å². The van der Waals surface area contributed by atoms with Gasteiger partial charge in [-0.2, -0.15) is 0 Å². The summed E-state index contributed by atoms with van der Waals surface area (Å²) < 4.78 is 4.94. The van der Waals surface area contributed by atoms with E-state index in [1.807, 2.05) is 42.5 Å². The van der Waals surface area contributed by atoms with Gasteiger partial charge in [0.2, 0.25) is 0 Å². The number of ether oxygens (including phenoxy) is 1. The molecule has 0 aromatic heterocycles. The second-order valence-corrected chi connectivity index (χ2v) is 5.92. The van der Waals surface area contributed by atoms with Crippen molar-refractivity contribution in [2.45, 2.75) is 0 Å². The zero-order chi connectivity index (χ0) is 19.6. The third-order valence-corrected chi connectivity index (χ3v) is 4.18. The number of benzene rings is 3. The predicted molar refractivity (Wildman–Crippen MR) is 107 cm³/mol. The maximum atomic E-state index is 12.5. The summed E-state index contributed by atoms with van der Waals surface area (Å²) in [7, 11) is 1.28. The molecule has 0 amide bonds. The smallest absolute Gasteiger partial charge is 0.339 e. The zero-order valence-electron chi connectivity index (χ0n) is 14.7. The average Bonchev–Trinajstić information content (AvgIpc) is 2.65. The predicted octanol–water partition coefficient (Wildman–Crippen LogP) is 2.88. The lowest BCUT2D eigenvalue weighted by molar-refractivity contribution is 0.0601. The van der Waals surface area contributed by atoms with E-state index < -0.39 is 5.97 Å². The molecule has 0 radical (unpaired) electrons. The fourth-order valence-corrected chi connectivity index (χ4v) is 3.08. The molecule has 0 aliphatic rings. The molecule has 0 heterocycles. The van der Waals surface area contributed by atoms with E-state index in [0.717, 1.165) is 16.3 Å². The monoisotopic (exact) mass is 361 g/mol. The summed E-state index contributed by atoms with van der Waals surface area (Å²) in [4.78, 5) is 12.5. The number of hydrogen-bond donors (Lipinski definition) is 5. The van der Waals surface area contributed by atoms with Crippen molar-refractivity contribution in [1.82, 2.24) is 0 Å². The normalized spacial score (nSPS) is 10.4. The number of fused-ring (bicyclic) bond motifs is 1. The minimum Gasteiger partial charge on any atom is -0.465 e. The molecule has 0 atom stereocenters. The fraction of sp³-hybridized carbons (Fsp3) is 0.0500. The van der Waals surface area contributed by atoms with Gasteiger partial charge in [0.25, 0.3) is 0 Å². The molecule has 3 aromatic rings. The lowest BCUT2D eigenvalue weighted by Crippen LogP contribution is -2.23. The molecule has 3 rings (SSSR count). The summed E-state index contributed by atoms with van der Waals surface area (Å²) in [5.41, 5.74) is 13.3. The molecular formula is C20H19N5O2. The summed E-state index contributed by atoms with van der Waals surface area (Å²) in [6.45, 7) is 0. The summed E-state index contributed by atoms with van der Waals surface area (Å²) in [5, 5.41) is 20.0. The van der Waals surface area contributed by atoms with Crippen molar-refractivity contribution < 1.29 is 9.53 Å². The number of nitrogen functional groups attached to an aromatic ring is 1. The van der Waals surface area contributed by atoms with Crippen molar-refractivity contribution in [3.63, 3.8) is 0 Å². The molecule has 0 aliphatic heterocycles. The lowest BCUT2D eigenvalue weighted by atomic mass is 9.91. The van der Waals surface area contributed by atoms with E-state index in [2.05, 4.69) is 5.32 Å². The molecule has 0 spiro atoms. The Kier molecular flexibility index (Phi) is 4.76. The molecule has 7 N–H and O–H groups in total. The van der Waals surface area contributed by atoms with Crippen molar-refractivity contribution in [2.24, 2.45) is 11.5 Å². The standard InChI is InChI=1S/C20H19N5O2/c1-27-19(26)17-15(9-12(25-20(23)24)10-16(17)18(21)22)14-8-4-6-11-5-2-3-7-13(11)14/h2-10H,1H3,(H3,21,22)(H4,23,24,25). The van der Waals surface area contributed by atoms with E-state index in [-0.39, 0.29) is 22.9 Å². The van der Waals surface area contributed by atoms with Crippen LogP contribution in [0.2, 0.25) is 0 Å². The lowest BCUT2D eigenvalue weighted by Gasteiger charge is -2.17. The molecule has 0 fully saturated rings. The number of nitrogens with one attached hydrogen (secondary N) is 3. The fourth-order valence-electron chi connectivity index (χ4n) is 3.08. The number of nitrogens with two attached hydrogens (primary N) is 2. The van der Waals surface area contributed by atoms with Gasteiger partial charge in [-0.3, -0.25) is 10.8 Å². The third kappa shape index (κ3) is 3.43. The highest BCUT2D eigenvalue weighted by Gasteiger charge is 2.22. The van der Waals surface area contributed by atoms with Gasteiger partial charge < -0.3 is 21.5 Å². The van der Waals surface area contributed by atoms with Crippen molar-refractivity contribution in [3.8, 4) is 11.1 Å². The second kappa shape index (κ2) is 7.17. The Labute approximate surface area is 156 Å². The third-order valence-electron chi connectivity index (χ3n) is 4.18. The Bertz CT molecular complexity index is 1070. The molecule has 27 heavy (non-hydrogen) atoms. The first-order valence-corrected chi connectivity index (χ1v) is 8.12. The topological polar surface area (TPSA) is 138 Å². The van der Waals surface area contributed by atoms with Crippen LogP contribution < -0.4 is 16.8 Å². The number of carbonyl (C=O) groups is 1. The first-order chi connectivity index (χ1) is 12.9. The van der Waals surface area contributed by atoms with Gasteiger partial charge >= 0.3 is 5.97 Å². The first-order valence-electron chi connectivity index (χ1n) is 8.12. The van der Waals surface area contributed by atoms with Gasteiger partial charge in [-0.25, -0.2) is 4.79 Å². The summed E-state index contributed by atoms with van der Waals surface area (Å²) in [5.74, 6) is -1.15. The summed E-state index contributed by atoms with van der Waals surface area (Å²) in [6.07, 6.45) is 0. The minimum atomic E-state index is -0.600. The molecular weight excluding hydrogens is 342 g/mol.